The Morgan fingerprint density at radius 2 is 1.83 bits per heavy atom. The van der Waals surface area contributed by atoms with Gasteiger partial charge in [-0.25, -0.2) is 0 Å². The second-order valence-corrected chi connectivity index (χ2v) is 10.4. The molecule has 0 unspecified atom stereocenters. The minimum Gasteiger partial charge on any atom is -0.493 e. The van der Waals surface area contributed by atoms with Gasteiger partial charge in [0.2, 0.25) is 0 Å². The molecule has 0 spiro atoms. The van der Waals surface area contributed by atoms with Crippen LogP contribution in [0.25, 0.3) is 11.0 Å². The number of ether oxygens (including phenoxy) is 2. The van der Waals surface area contributed by atoms with E-state index in [0.717, 1.165) is 37.2 Å². The normalized spacial score (nSPS) is 14.9. The highest BCUT2D eigenvalue weighted by Crippen LogP contribution is 2.31. The first-order valence-electron chi connectivity index (χ1n) is 13.1. The van der Waals surface area contributed by atoms with Crippen LogP contribution in [0, 0.1) is 30.6 Å². The highest BCUT2D eigenvalue weighted by molar-refractivity contribution is 6.00. The van der Waals surface area contributed by atoms with Gasteiger partial charge in [0.05, 0.1) is 12.0 Å². The second kappa shape index (κ2) is 11.7. The molecule has 6 heteroatoms. The summed E-state index contributed by atoms with van der Waals surface area (Å²) >= 11 is 0. The van der Waals surface area contributed by atoms with Gasteiger partial charge in [0.1, 0.15) is 11.3 Å². The number of piperidine rings is 1. The summed E-state index contributed by atoms with van der Waals surface area (Å²) in [6.07, 6.45) is 3.87. The fraction of sp³-hybridized carbons (Fsp3) is 0.467. The molecule has 0 radical (unpaired) electrons. The maximum absolute atomic E-state index is 8.17. The van der Waals surface area contributed by atoms with Crippen LogP contribution in [-0.4, -0.2) is 42.9 Å². The predicted molar refractivity (Wildman–Crippen MR) is 146 cm³/mol. The molecule has 1 saturated heterocycles. The molecule has 6 nitrogen and oxygen atoms in total. The van der Waals surface area contributed by atoms with E-state index in [1.807, 2.05) is 32.0 Å². The summed E-state index contributed by atoms with van der Waals surface area (Å²) in [7, 11) is 0. The summed E-state index contributed by atoms with van der Waals surface area (Å²) in [6, 6.07) is 14.4. The first-order valence-corrected chi connectivity index (χ1v) is 13.1. The standard InChI is InChI=1S/C30H39N3O3/c1-20(2)17-29(31)36-30(32)28-19-25-26(7-5-8-27(25)35-28)34-16-6-13-33-14-11-23(12-15-33)24-10-9-21(3)22(4)18-24/h5,7-10,18-20,23,31-32H,6,11-17H2,1-4H3. The van der Waals surface area contributed by atoms with Gasteiger partial charge in [-0.15, -0.1) is 0 Å². The van der Waals surface area contributed by atoms with Crippen molar-refractivity contribution in [2.45, 2.75) is 59.3 Å². The van der Waals surface area contributed by atoms with Crippen LogP contribution in [0.1, 0.15) is 67.9 Å². The van der Waals surface area contributed by atoms with E-state index < -0.39 is 0 Å². The lowest BCUT2D eigenvalue weighted by Gasteiger charge is -2.32. The minimum absolute atomic E-state index is 0.0740. The van der Waals surface area contributed by atoms with Crippen molar-refractivity contribution in [2.24, 2.45) is 5.92 Å². The zero-order valence-electron chi connectivity index (χ0n) is 22.0. The number of likely N-dealkylation sites (tertiary alicyclic amines) is 1. The van der Waals surface area contributed by atoms with E-state index in [-0.39, 0.29) is 11.8 Å². The third-order valence-corrected chi connectivity index (χ3v) is 7.03. The van der Waals surface area contributed by atoms with Crippen molar-refractivity contribution in [3.8, 4) is 5.75 Å². The highest BCUT2D eigenvalue weighted by Gasteiger charge is 2.21. The molecule has 0 saturated carbocycles. The number of aryl methyl sites for hydroxylation is 2. The quantitative estimate of drug-likeness (QED) is 0.191. The Morgan fingerprint density at radius 1 is 1.06 bits per heavy atom. The first-order chi connectivity index (χ1) is 17.3. The van der Waals surface area contributed by atoms with E-state index in [2.05, 4.69) is 36.9 Å². The molecule has 2 N–H and O–H groups in total. The zero-order chi connectivity index (χ0) is 25.7. The lowest BCUT2D eigenvalue weighted by molar-refractivity contribution is 0.193. The van der Waals surface area contributed by atoms with Crippen LogP contribution < -0.4 is 4.74 Å². The highest BCUT2D eigenvalue weighted by atomic mass is 16.5. The molecule has 0 amide bonds. The van der Waals surface area contributed by atoms with Crippen LogP contribution in [0.15, 0.2) is 46.9 Å². The maximum atomic E-state index is 8.17. The first kappa shape index (κ1) is 26.0. The van der Waals surface area contributed by atoms with Crippen LogP contribution in [0.5, 0.6) is 5.75 Å². The maximum Gasteiger partial charge on any atom is 0.256 e. The molecule has 2 aromatic carbocycles. The van der Waals surface area contributed by atoms with Crippen LogP contribution in [0.3, 0.4) is 0 Å². The minimum atomic E-state index is -0.146. The van der Waals surface area contributed by atoms with Crippen LogP contribution in [0.2, 0.25) is 0 Å². The molecular formula is C30H39N3O3. The molecule has 0 aliphatic carbocycles. The summed E-state index contributed by atoms with van der Waals surface area (Å²) in [4.78, 5) is 2.54. The van der Waals surface area contributed by atoms with E-state index >= 15 is 0 Å². The monoisotopic (exact) mass is 489 g/mol. The van der Waals surface area contributed by atoms with Crippen LogP contribution in [-0.2, 0) is 4.74 Å². The van der Waals surface area contributed by atoms with Crippen molar-refractivity contribution in [1.29, 1.82) is 10.8 Å². The summed E-state index contributed by atoms with van der Waals surface area (Å²) in [5.41, 5.74) is 4.90. The van der Waals surface area contributed by atoms with Gasteiger partial charge in [-0.05, 0) is 86.9 Å². The number of fused-ring (bicyclic) bond motifs is 1. The molecule has 3 aromatic rings. The summed E-state index contributed by atoms with van der Waals surface area (Å²) in [5.74, 6) is 1.95. The van der Waals surface area contributed by atoms with Crippen molar-refractivity contribution < 1.29 is 13.9 Å². The van der Waals surface area contributed by atoms with Crippen molar-refractivity contribution in [1.82, 2.24) is 4.90 Å². The number of furan rings is 1. The lowest BCUT2D eigenvalue weighted by Crippen LogP contribution is -2.34. The Bertz CT molecular complexity index is 1210. The van der Waals surface area contributed by atoms with Gasteiger partial charge in [0.25, 0.3) is 5.90 Å². The second-order valence-electron chi connectivity index (χ2n) is 10.4. The molecule has 1 aliphatic heterocycles. The van der Waals surface area contributed by atoms with Crippen molar-refractivity contribution in [3.63, 3.8) is 0 Å². The van der Waals surface area contributed by atoms with Crippen molar-refractivity contribution >= 4 is 22.8 Å². The number of hydrogen-bond donors (Lipinski definition) is 2. The molecule has 192 valence electrons. The van der Waals surface area contributed by atoms with Gasteiger partial charge in [0.15, 0.2) is 11.7 Å². The Kier molecular flexibility index (Phi) is 8.47. The molecule has 1 aliphatic rings. The molecule has 1 aromatic heterocycles. The average molecular weight is 490 g/mol. The molecule has 36 heavy (non-hydrogen) atoms. The number of nitrogens with one attached hydrogen (secondary N) is 2. The third kappa shape index (κ3) is 6.55. The van der Waals surface area contributed by atoms with Gasteiger partial charge in [0, 0.05) is 19.0 Å². The smallest absolute Gasteiger partial charge is 0.256 e. The zero-order valence-corrected chi connectivity index (χ0v) is 22.0. The van der Waals surface area contributed by atoms with Crippen LogP contribution >= 0.6 is 0 Å². The summed E-state index contributed by atoms with van der Waals surface area (Å²) in [6.45, 7) is 12.3. The predicted octanol–water partition coefficient (Wildman–Crippen LogP) is 7.06. The Morgan fingerprint density at radius 3 is 2.56 bits per heavy atom. The molecule has 4 rings (SSSR count). The fourth-order valence-electron chi connectivity index (χ4n) is 4.84. The number of nitrogens with zero attached hydrogens (tertiary/aromatic N) is 1. The van der Waals surface area contributed by atoms with E-state index in [0.29, 0.717) is 36.2 Å². The van der Waals surface area contributed by atoms with Crippen LogP contribution in [0.4, 0.5) is 0 Å². The van der Waals surface area contributed by atoms with E-state index in [4.69, 9.17) is 24.7 Å². The summed E-state index contributed by atoms with van der Waals surface area (Å²) < 4.78 is 17.3. The number of benzene rings is 2. The van der Waals surface area contributed by atoms with Gasteiger partial charge < -0.3 is 18.8 Å². The third-order valence-electron chi connectivity index (χ3n) is 7.03. The van der Waals surface area contributed by atoms with Gasteiger partial charge in [-0.1, -0.05) is 38.1 Å². The molecule has 0 atom stereocenters. The van der Waals surface area contributed by atoms with Gasteiger partial charge in [-0.3, -0.25) is 10.8 Å². The molecule has 0 bridgehead atoms. The SMILES string of the molecule is Cc1ccc(C2CCN(CCCOc3cccc4oc(C(=N)OC(=N)CC(C)C)cc34)CC2)cc1C. The van der Waals surface area contributed by atoms with Crippen molar-refractivity contribution in [2.75, 3.05) is 26.2 Å². The fourth-order valence-corrected chi connectivity index (χ4v) is 4.84. The Balaban J connectivity index is 1.25. The van der Waals surface area contributed by atoms with E-state index in [1.165, 1.54) is 29.5 Å². The summed E-state index contributed by atoms with van der Waals surface area (Å²) in [5, 5.41) is 16.9. The van der Waals surface area contributed by atoms with Gasteiger partial charge >= 0.3 is 0 Å². The topological polar surface area (TPSA) is 82.5 Å². The molecule has 2 heterocycles. The lowest BCUT2D eigenvalue weighted by atomic mass is 9.88. The van der Waals surface area contributed by atoms with E-state index in [9.17, 15) is 0 Å². The average Bonchev–Trinajstić information content (AvgIpc) is 3.29. The molecule has 1 fully saturated rings. The molecular weight excluding hydrogens is 450 g/mol. The Hall–Kier alpha value is -3.12. The van der Waals surface area contributed by atoms with Crippen molar-refractivity contribution in [3.05, 3.63) is 64.9 Å². The number of rotatable bonds is 9. The number of hydrogen-bond acceptors (Lipinski definition) is 6. The van der Waals surface area contributed by atoms with Gasteiger partial charge in [-0.2, -0.15) is 0 Å². The Labute approximate surface area is 214 Å². The largest absolute Gasteiger partial charge is 0.493 e. The van der Waals surface area contributed by atoms with E-state index in [1.54, 1.807) is 6.07 Å².